The summed E-state index contributed by atoms with van der Waals surface area (Å²) in [5.74, 6) is 5.84. The summed E-state index contributed by atoms with van der Waals surface area (Å²) in [6, 6.07) is 9.22. The Morgan fingerprint density at radius 3 is 2.28 bits per heavy atom. The molecule has 1 fully saturated rings. The van der Waals surface area contributed by atoms with E-state index in [9.17, 15) is 0 Å². The van der Waals surface area contributed by atoms with Crippen LogP contribution in [0.4, 0.5) is 0 Å². The maximum atomic E-state index is 5.84. The lowest BCUT2D eigenvalue weighted by molar-refractivity contribution is 0.145. The van der Waals surface area contributed by atoms with Crippen molar-refractivity contribution in [1.29, 1.82) is 0 Å². The highest BCUT2D eigenvalue weighted by atomic mass is 15.2. The van der Waals surface area contributed by atoms with E-state index in [1.165, 1.54) is 43.2 Å². The summed E-state index contributed by atoms with van der Waals surface area (Å²) >= 11 is 0. The van der Waals surface area contributed by atoms with Crippen LogP contribution in [0.25, 0.3) is 0 Å². The number of benzene rings is 1. The molecular weight excluding hydrogens is 220 g/mol. The van der Waals surface area contributed by atoms with Gasteiger partial charge >= 0.3 is 0 Å². The monoisotopic (exact) mass is 246 g/mol. The fourth-order valence-electron chi connectivity index (χ4n) is 3.29. The number of hydrogen-bond acceptors (Lipinski definition) is 2. The number of nitrogens with two attached hydrogens (primary N) is 1. The molecule has 1 aliphatic carbocycles. The Bertz CT molecular complexity index is 363. The normalized spacial score (nSPS) is 20.6. The predicted octanol–water partition coefficient (Wildman–Crippen LogP) is 3.72. The fraction of sp³-hybridized carbons (Fsp3) is 0.625. The van der Waals surface area contributed by atoms with E-state index in [-0.39, 0.29) is 6.04 Å². The van der Waals surface area contributed by atoms with Crippen LogP contribution in [-0.2, 0) is 6.42 Å². The van der Waals surface area contributed by atoms with E-state index < -0.39 is 0 Å². The van der Waals surface area contributed by atoms with E-state index in [2.05, 4.69) is 43.5 Å². The minimum absolute atomic E-state index is 0.281. The first-order valence-electron chi connectivity index (χ1n) is 7.24. The highest BCUT2D eigenvalue weighted by Crippen LogP contribution is 2.45. The third-order valence-electron chi connectivity index (χ3n) is 4.58. The van der Waals surface area contributed by atoms with Gasteiger partial charge in [0.15, 0.2) is 0 Å². The zero-order valence-electron chi connectivity index (χ0n) is 11.7. The molecule has 100 valence electrons. The number of nitrogens with one attached hydrogen (secondary N) is 1. The Kier molecular flexibility index (Phi) is 4.41. The van der Waals surface area contributed by atoms with Crippen LogP contribution in [0.3, 0.4) is 0 Å². The summed E-state index contributed by atoms with van der Waals surface area (Å²) in [6.07, 6.45) is 7.69. The average molecular weight is 246 g/mol. The molecule has 0 aromatic heterocycles. The molecular formula is C16H26N2. The Morgan fingerprint density at radius 1 is 1.17 bits per heavy atom. The Morgan fingerprint density at radius 2 is 1.78 bits per heavy atom. The van der Waals surface area contributed by atoms with Crippen LogP contribution >= 0.6 is 0 Å². The third-order valence-corrected chi connectivity index (χ3v) is 4.58. The summed E-state index contributed by atoms with van der Waals surface area (Å²) in [6.45, 7) is 4.57. The van der Waals surface area contributed by atoms with Gasteiger partial charge in [0.1, 0.15) is 0 Å². The number of hydrazine groups is 1. The quantitative estimate of drug-likeness (QED) is 0.627. The molecule has 0 heterocycles. The third kappa shape index (κ3) is 2.76. The Balaban J connectivity index is 2.20. The second-order valence-electron chi connectivity index (χ2n) is 5.91. The molecule has 1 aromatic rings. The average Bonchev–Trinajstić information content (AvgIpc) is 2.41. The predicted molar refractivity (Wildman–Crippen MR) is 77.1 cm³/mol. The van der Waals surface area contributed by atoms with Crippen molar-refractivity contribution < 1.29 is 0 Å². The number of hydrogen-bond donors (Lipinski definition) is 2. The minimum atomic E-state index is 0.281. The maximum Gasteiger partial charge on any atom is 0.0513 e. The molecule has 1 aliphatic rings. The van der Waals surface area contributed by atoms with Gasteiger partial charge in [0, 0.05) is 0 Å². The van der Waals surface area contributed by atoms with Crippen LogP contribution in [0.5, 0.6) is 0 Å². The zero-order valence-corrected chi connectivity index (χ0v) is 11.7. The van der Waals surface area contributed by atoms with E-state index in [0.717, 1.165) is 6.42 Å². The summed E-state index contributed by atoms with van der Waals surface area (Å²) in [4.78, 5) is 0. The standard InChI is InChI=1S/C16H26N2/c1-3-13-7-9-14(10-8-13)15(18-17)16(2)11-5-4-6-12-16/h7-10,15,18H,3-6,11-12,17H2,1-2H3. The lowest BCUT2D eigenvalue weighted by Gasteiger charge is -2.40. The van der Waals surface area contributed by atoms with Crippen molar-refractivity contribution in [2.75, 3.05) is 0 Å². The molecule has 0 bridgehead atoms. The molecule has 1 unspecified atom stereocenters. The van der Waals surface area contributed by atoms with Crippen LogP contribution in [0.15, 0.2) is 24.3 Å². The van der Waals surface area contributed by atoms with Gasteiger partial charge in [-0.1, -0.05) is 57.4 Å². The van der Waals surface area contributed by atoms with Crippen molar-refractivity contribution in [3.63, 3.8) is 0 Å². The smallest absolute Gasteiger partial charge is 0.0513 e. The summed E-state index contributed by atoms with van der Waals surface area (Å²) < 4.78 is 0. The highest BCUT2D eigenvalue weighted by molar-refractivity contribution is 5.26. The van der Waals surface area contributed by atoms with Gasteiger partial charge in [0.05, 0.1) is 6.04 Å². The van der Waals surface area contributed by atoms with Crippen molar-refractivity contribution >= 4 is 0 Å². The molecule has 18 heavy (non-hydrogen) atoms. The van der Waals surface area contributed by atoms with Gasteiger partial charge in [0.2, 0.25) is 0 Å². The van der Waals surface area contributed by atoms with Crippen molar-refractivity contribution in [3.8, 4) is 0 Å². The van der Waals surface area contributed by atoms with Gasteiger partial charge in [-0.3, -0.25) is 11.3 Å². The number of rotatable bonds is 4. The van der Waals surface area contributed by atoms with E-state index in [1.54, 1.807) is 0 Å². The number of aryl methyl sites for hydroxylation is 1. The van der Waals surface area contributed by atoms with E-state index in [4.69, 9.17) is 5.84 Å². The van der Waals surface area contributed by atoms with Crippen molar-refractivity contribution in [3.05, 3.63) is 35.4 Å². The molecule has 3 N–H and O–H groups in total. The first-order valence-corrected chi connectivity index (χ1v) is 7.24. The molecule has 2 heteroatoms. The lowest BCUT2D eigenvalue weighted by Crippen LogP contribution is -2.41. The van der Waals surface area contributed by atoms with Crippen LogP contribution < -0.4 is 11.3 Å². The van der Waals surface area contributed by atoms with Gasteiger partial charge in [-0.15, -0.1) is 0 Å². The molecule has 2 rings (SSSR count). The molecule has 0 aliphatic heterocycles. The van der Waals surface area contributed by atoms with Crippen molar-refractivity contribution in [2.45, 2.75) is 58.4 Å². The summed E-state index contributed by atoms with van der Waals surface area (Å²) in [5, 5.41) is 0. The second-order valence-corrected chi connectivity index (χ2v) is 5.91. The largest absolute Gasteiger partial charge is 0.271 e. The summed E-state index contributed by atoms with van der Waals surface area (Å²) in [7, 11) is 0. The van der Waals surface area contributed by atoms with Crippen molar-refractivity contribution in [1.82, 2.24) is 5.43 Å². The molecule has 0 radical (unpaired) electrons. The van der Waals surface area contributed by atoms with Crippen molar-refractivity contribution in [2.24, 2.45) is 11.3 Å². The summed E-state index contributed by atoms with van der Waals surface area (Å²) in [5.41, 5.74) is 6.10. The van der Waals surface area contributed by atoms with Gasteiger partial charge in [0.25, 0.3) is 0 Å². The van der Waals surface area contributed by atoms with E-state index >= 15 is 0 Å². The maximum absolute atomic E-state index is 5.84. The molecule has 1 atom stereocenters. The van der Waals surface area contributed by atoms with E-state index in [0.29, 0.717) is 5.41 Å². The lowest BCUT2D eigenvalue weighted by atomic mass is 9.69. The van der Waals surface area contributed by atoms with Gasteiger partial charge in [-0.2, -0.15) is 0 Å². The van der Waals surface area contributed by atoms with E-state index in [1.807, 2.05) is 0 Å². The second kappa shape index (κ2) is 5.85. The molecule has 0 spiro atoms. The highest BCUT2D eigenvalue weighted by Gasteiger charge is 2.35. The molecule has 0 amide bonds. The van der Waals surface area contributed by atoms with Gasteiger partial charge < -0.3 is 0 Å². The topological polar surface area (TPSA) is 38.0 Å². The van der Waals surface area contributed by atoms with Gasteiger partial charge in [-0.05, 0) is 35.8 Å². The molecule has 1 saturated carbocycles. The molecule has 2 nitrogen and oxygen atoms in total. The Hall–Kier alpha value is -0.860. The van der Waals surface area contributed by atoms with Crippen LogP contribution in [0, 0.1) is 5.41 Å². The first-order chi connectivity index (χ1) is 8.69. The van der Waals surface area contributed by atoms with Crippen LogP contribution in [0.1, 0.15) is 63.1 Å². The fourth-order valence-corrected chi connectivity index (χ4v) is 3.29. The zero-order chi connectivity index (χ0) is 13.0. The van der Waals surface area contributed by atoms with Crippen LogP contribution in [0.2, 0.25) is 0 Å². The molecule has 1 aromatic carbocycles. The SMILES string of the molecule is CCc1ccc(C(NN)C2(C)CCCCC2)cc1. The van der Waals surface area contributed by atoms with Crippen LogP contribution in [-0.4, -0.2) is 0 Å². The Labute approximate surface area is 111 Å². The minimum Gasteiger partial charge on any atom is -0.271 e. The van der Waals surface area contributed by atoms with Gasteiger partial charge in [-0.25, -0.2) is 0 Å². The molecule has 0 saturated heterocycles. The first kappa shape index (κ1) is 13.6.